The first-order valence-corrected chi connectivity index (χ1v) is 6.48. The van der Waals surface area contributed by atoms with Gasteiger partial charge in [-0.15, -0.1) is 0 Å². The number of aryl methyl sites for hydroxylation is 1. The van der Waals surface area contributed by atoms with Gasteiger partial charge in [0.1, 0.15) is 5.82 Å². The van der Waals surface area contributed by atoms with Crippen molar-refractivity contribution in [3.63, 3.8) is 0 Å². The molecule has 1 aromatic carbocycles. The normalized spacial score (nSPS) is 11.0. The molecule has 1 aromatic heterocycles. The average molecular weight is 323 g/mol. The standard InChI is InChI=1S/C15H12F3N3O2/c1-9-6-7-19-12(8-9)21-13(22)10-2-4-11(5-3-10)20-14(23)15(16,17)18/h2-8H,1H3,(H,20,23)(H,19,21,22). The summed E-state index contributed by atoms with van der Waals surface area (Å²) < 4.78 is 36.4. The lowest BCUT2D eigenvalue weighted by Crippen LogP contribution is -2.29. The van der Waals surface area contributed by atoms with Crippen molar-refractivity contribution in [3.8, 4) is 0 Å². The predicted molar refractivity (Wildman–Crippen MR) is 78.1 cm³/mol. The summed E-state index contributed by atoms with van der Waals surface area (Å²) in [6, 6.07) is 8.47. The summed E-state index contributed by atoms with van der Waals surface area (Å²) in [5.41, 5.74) is 1.08. The van der Waals surface area contributed by atoms with E-state index in [1.807, 2.05) is 6.92 Å². The SMILES string of the molecule is Cc1ccnc(NC(=O)c2ccc(NC(=O)C(F)(F)F)cc2)c1. The van der Waals surface area contributed by atoms with Crippen molar-refractivity contribution in [1.82, 2.24) is 4.98 Å². The van der Waals surface area contributed by atoms with Gasteiger partial charge in [0.2, 0.25) is 0 Å². The third-order valence-electron chi connectivity index (χ3n) is 2.82. The Morgan fingerprint density at radius 1 is 1.04 bits per heavy atom. The first kappa shape index (κ1) is 16.5. The number of aromatic nitrogens is 1. The Bertz CT molecular complexity index is 727. The van der Waals surface area contributed by atoms with Gasteiger partial charge < -0.3 is 10.6 Å². The Kier molecular flexibility index (Phi) is 4.63. The molecule has 5 nitrogen and oxygen atoms in total. The Labute approximate surface area is 129 Å². The zero-order chi connectivity index (χ0) is 17.0. The molecule has 2 aromatic rings. The van der Waals surface area contributed by atoms with Gasteiger partial charge >= 0.3 is 12.1 Å². The van der Waals surface area contributed by atoms with Crippen molar-refractivity contribution in [1.29, 1.82) is 0 Å². The molecular weight excluding hydrogens is 311 g/mol. The molecule has 0 fully saturated rings. The second-order valence-electron chi connectivity index (χ2n) is 4.70. The van der Waals surface area contributed by atoms with Crippen molar-refractivity contribution >= 4 is 23.3 Å². The quantitative estimate of drug-likeness (QED) is 0.911. The number of amides is 2. The van der Waals surface area contributed by atoms with E-state index >= 15 is 0 Å². The molecule has 2 amide bonds. The highest BCUT2D eigenvalue weighted by molar-refractivity contribution is 6.04. The molecule has 2 rings (SSSR count). The van der Waals surface area contributed by atoms with Crippen LogP contribution in [0.3, 0.4) is 0 Å². The van der Waals surface area contributed by atoms with Gasteiger partial charge in [-0.25, -0.2) is 4.98 Å². The van der Waals surface area contributed by atoms with E-state index in [0.717, 1.165) is 5.56 Å². The molecule has 1 heterocycles. The van der Waals surface area contributed by atoms with E-state index < -0.39 is 18.0 Å². The lowest BCUT2D eigenvalue weighted by atomic mass is 10.2. The van der Waals surface area contributed by atoms with E-state index in [1.165, 1.54) is 24.3 Å². The maximum Gasteiger partial charge on any atom is 0.471 e. The van der Waals surface area contributed by atoms with Crippen molar-refractivity contribution in [3.05, 3.63) is 53.7 Å². The molecule has 0 unspecified atom stereocenters. The number of carbonyl (C=O) groups is 2. The molecular formula is C15H12F3N3O2. The van der Waals surface area contributed by atoms with Crippen LogP contribution >= 0.6 is 0 Å². The molecule has 0 aliphatic heterocycles. The number of pyridine rings is 1. The van der Waals surface area contributed by atoms with Crippen molar-refractivity contribution in [2.45, 2.75) is 13.1 Å². The fourth-order valence-electron chi connectivity index (χ4n) is 1.70. The second kappa shape index (κ2) is 6.47. The zero-order valence-corrected chi connectivity index (χ0v) is 11.9. The van der Waals surface area contributed by atoms with Crippen LogP contribution in [-0.4, -0.2) is 23.0 Å². The summed E-state index contributed by atoms with van der Waals surface area (Å²) in [5.74, 6) is -2.17. The number of carbonyl (C=O) groups excluding carboxylic acids is 2. The first-order chi connectivity index (χ1) is 10.8. The van der Waals surface area contributed by atoms with E-state index in [2.05, 4.69) is 10.3 Å². The lowest BCUT2D eigenvalue weighted by Gasteiger charge is -2.09. The molecule has 8 heteroatoms. The van der Waals surface area contributed by atoms with Crippen LogP contribution < -0.4 is 10.6 Å². The minimum absolute atomic E-state index is 0.0578. The average Bonchev–Trinajstić information content (AvgIpc) is 2.47. The van der Waals surface area contributed by atoms with Crippen LogP contribution in [0.15, 0.2) is 42.6 Å². The van der Waals surface area contributed by atoms with Crippen molar-refractivity contribution < 1.29 is 22.8 Å². The van der Waals surface area contributed by atoms with Gasteiger partial charge in [0.25, 0.3) is 5.91 Å². The summed E-state index contributed by atoms with van der Waals surface area (Å²) in [7, 11) is 0. The molecule has 0 saturated carbocycles. The summed E-state index contributed by atoms with van der Waals surface area (Å²) in [4.78, 5) is 26.8. The number of nitrogens with one attached hydrogen (secondary N) is 2. The highest BCUT2D eigenvalue weighted by Crippen LogP contribution is 2.18. The van der Waals surface area contributed by atoms with Gasteiger partial charge in [0.15, 0.2) is 0 Å². The minimum Gasteiger partial charge on any atom is -0.318 e. The Hall–Kier alpha value is -2.90. The topological polar surface area (TPSA) is 71.1 Å². The highest BCUT2D eigenvalue weighted by atomic mass is 19.4. The number of halogens is 3. The monoisotopic (exact) mass is 323 g/mol. The van der Waals surface area contributed by atoms with Gasteiger partial charge in [0, 0.05) is 17.4 Å². The third-order valence-corrected chi connectivity index (χ3v) is 2.82. The second-order valence-corrected chi connectivity index (χ2v) is 4.70. The fraction of sp³-hybridized carbons (Fsp3) is 0.133. The van der Waals surface area contributed by atoms with Gasteiger partial charge in [-0.3, -0.25) is 9.59 Å². The number of alkyl halides is 3. The van der Waals surface area contributed by atoms with E-state index in [9.17, 15) is 22.8 Å². The molecule has 0 bridgehead atoms. The zero-order valence-electron chi connectivity index (χ0n) is 11.9. The summed E-state index contributed by atoms with van der Waals surface area (Å²) in [6.45, 7) is 1.84. The van der Waals surface area contributed by atoms with Gasteiger partial charge in [-0.2, -0.15) is 13.2 Å². The molecule has 0 atom stereocenters. The molecule has 120 valence electrons. The first-order valence-electron chi connectivity index (χ1n) is 6.48. The summed E-state index contributed by atoms with van der Waals surface area (Å²) in [6.07, 6.45) is -3.42. The van der Waals surface area contributed by atoms with Crippen LogP contribution in [0.25, 0.3) is 0 Å². The van der Waals surface area contributed by atoms with E-state index in [1.54, 1.807) is 23.6 Å². The number of hydrogen-bond acceptors (Lipinski definition) is 3. The van der Waals surface area contributed by atoms with Crippen LogP contribution in [0.1, 0.15) is 15.9 Å². The van der Waals surface area contributed by atoms with Crippen LogP contribution in [0.5, 0.6) is 0 Å². The van der Waals surface area contributed by atoms with Gasteiger partial charge in [-0.05, 0) is 48.9 Å². The third kappa shape index (κ3) is 4.53. The Balaban J connectivity index is 2.04. The largest absolute Gasteiger partial charge is 0.471 e. The maximum atomic E-state index is 12.1. The van der Waals surface area contributed by atoms with Gasteiger partial charge in [0.05, 0.1) is 0 Å². The van der Waals surface area contributed by atoms with E-state index in [0.29, 0.717) is 5.82 Å². The molecule has 0 radical (unpaired) electrons. The smallest absolute Gasteiger partial charge is 0.318 e. The Morgan fingerprint density at radius 2 is 1.70 bits per heavy atom. The Morgan fingerprint density at radius 3 is 2.26 bits per heavy atom. The summed E-state index contributed by atoms with van der Waals surface area (Å²) in [5, 5.41) is 4.26. The van der Waals surface area contributed by atoms with Crippen LogP contribution in [0.4, 0.5) is 24.7 Å². The van der Waals surface area contributed by atoms with Gasteiger partial charge in [-0.1, -0.05) is 0 Å². The van der Waals surface area contributed by atoms with Crippen LogP contribution in [0.2, 0.25) is 0 Å². The van der Waals surface area contributed by atoms with Crippen LogP contribution in [0, 0.1) is 6.92 Å². The summed E-state index contributed by atoms with van der Waals surface area (Å²) >= 11 is 0. The fourth-order valence-corrected chi connectivity index (χ4v) is 1.70. The molecule has 0 saturated heterocycles. The molecule has 23 heavy (non-hydrogen) atoms. The molecule has 0 aliphatic rings. The van der Waals surface area contributed by atoms with Crippen molar-refractivity contribution in [2.75, 3.05) is 10.6 Å². The molecule has 0 spiro atoms. The number of hydrogen-bond donors (Lipinski definition) is 2. The molecule has 0 aliphatic carbocycles. The number of anilines is 2. The van der Waals surface area contributed by atoms with E-state index in [4.69, 9.17) is 0 Å². The predicted octanol–water partition coefficient (Wildman–Crippen LogP) is 3.14. The number of rotatable bonds is 3. The number of benzene rings is 1. The highest BCUT2D eigenvalue weighted by Gasteiger charge is 2.38. The lowest BCUT2D eigenvalue weighted by molar-refractivity contribution is -0.167. The van der Waals surface area contributed by atoms with E-state index in [-0.39, 0.29) is 11.3 Å². The maximum absolute atomic E-state index is 12.1. The minimum atomic E-state index is -4.97. The molecule has 2 N–H and O–H groups in total. The number of nitrogens with zero attached hydrogens (tertiary/aromatic N) is 1. The van der Waals surface area contributed by atoms with Crippen molar-refractivity contribution in [2.24, 2.45) is 0 Å². The van der Waals surface area contributed by atoms with Crippen LogP contribution in [-0.2, 0) is 4.79 Å².